The van der Waals surface area contributed by atoms with E-state index in [9.17, 15) is 4.79 Å². The molecule has 1 atom stereocenters. The second kappa shape index (κ2) is 8.80. The zero-order valence-electron chi connectivity index (χ0n) is 16.2. The summed E-state index contributed by atoms with van der Waals surface area (Å²) in [7, 11) is 0. The minimum atomic E-state index is -0.452. The van der Waals surface area contributed by atoms with Gasteiger partial charge in [-0.05, 0) is 64.0 Å². The van der Waals surface area contributed by atoms with Crippen LogP contribution in [0.4, 0.5) is 4.79 Å². The Labute approximate surface area is 161 Å². The fourth-order valence-electron chi connectivity index (χ4n) is 2.91. The summed E-state index contributed by atoms with van der Waals surface area (Å²) in [6.07, 6.45) is 6.26. The summed E-state index contributed by atoms with van der Waals surface area (Å²) in [5.74, 6) is 1.94. The van der Waals surface area contributed by atoms with E-state index in [1.165, 1.54) is 0 Å². The van der Waals surface area contributed by atoms with Crippen LogP contribution < -0.4 is 11.1 Å². The molecule has 146 valence electrons. The van der Waals surface area contributed by atoms with Crippen LogP contribution in [-0.4, -0.2) is 42.1 Å². The van der Waals surface area contributed by atoms with Gasteiger partial charge in [-0.25, -0.2) is 9.79 Å². The topological polar surface area (TPSA) is 80.0 Å². The molecule has 1 fully saturated rings. The van der Waals surface area contributed by atoms with Crippen LogP contribution in [0.15, 0.2) is 28.0 Å². The van der Waals surface area contributed by atoms with Gasteiger partial charge in [0.25, 0.3) is 0 Å². The molecule has 0 aromatic heterocycles. The summed E-state index contributed by atoms with van der Waals surface area (Å²) in [5, 5.41) is 4.13. The van der Waals surface area contributed by atoms with E-state index >= 15 is 0 Å². The number of amides is 1. The molecule has 0 bridgehead atoms. The second-order valence-corrected chi connectivity index (χ2v) is 8.52. The van der Waals surface area contributed by atoms with E-state index in [0.717, 1.165) is 49.7 Å². The largest absolute Gasteiger partial charge is 0.444 e. The van der Waals surface area contributed by atoms with Crippen molar-refractivity contribution in [1.82, 2.24) is 10.2 Å². The molecule has 1 amide bonds. The van der Waals surface area contributed by atoms with Gasteiger partial charge in [0.2, 0.25) is 0 Å². The van der Waals surface area contributed by atoms with Crippen molar-refractivity contribution < 1.29 is 9.53 Å². The molecule has 26 heavy (non-hydrogen) atoms. The average molecular weight is 383 g/mol. The van der Waals surface area contributed by atoms with Gasteiger partial charge in [0.15, 0.2) is 0 Å². The lowest BCUT2D eigenvalue weighted by Gasteiger charge is -2.33. The lowest BCUT2D eigenvalue weighted by atomic mass is 9.97. The van der Waals surface area contributed by atoms with Gasteiger partial charge in [-0.2, -0.15) is 0 Å². The lowest BCUT2D eigenvalue weighted by molar-refractivity contribution is 0.0185. The standard InChI is InChI=1S/C19H31ClN4O2/c1-13-5-6-17(23-16(21)11-15(13)20)22-12-14-7-9-24(10-8-14)18(25)26-19(2,3)4/h6,11,13-14,22H,5,7-10,12H2,1-4H3,(H2,21,23)/b15-11?,17-6+. The zero-order valence-corrected chi connectivity index (χ0v) is 17.0. The van der Waals surface area contributed by atoms with Gasteiger partial charge in [0, 0.05) is 24.7 Å². The number of nitrogens with one attached hydrogen (secondary N) is 1. The van der Waals surface area contributed by atoms with Crippen LogP contribution >= 0.6 is 11.6 Å². The van der Waals surface area contributed by atoms with Crippen LogP contribution in [-0.2, 0) is 4.74 Å². The van der Waals surface area contributed by atoms with Gasteiger partial charge >= 0.3 is 6.09 Å². The maximum absolute atomic E-state index is 12.1. The molecule has 0 aliphatic carbocycles. The van der Waals surface area contributed by atoms with E-state index in [-0.39, 0.29) is 12.0 Å². The van der Waals surface area contributed by atoms with E-state index in [0.29, 0.717) is 11.8 Å². The predicted molar refractivity (Wildman–Crippen MR) is 106 cm³/mol. The van der Waals surface area contributed by atoms with Crippen molar-refractivity contribution >= 4 is 23.5 Å². The molecule has 2 rings (SSSR count). The number of piperidine rings is 1. The summed E-state index contributed by atoms with van der Waals surface area (Å²) in [5.41, 5.74) is 5.46. The number of rotatable bonds is 3. The lowest BCUT2D eigenvalue weighted by Crippen LogP contribution is -2.43. The fourth-order valence-corrected chi connectivity index (χ4v) is 3.11. The third-order valence-corrected chi connectivity index (χ3v) is 4.99. The van der Waals surface area contributed by atoms with E-state index in [2.05, 4.69) is 17.2 Å². The summed E-state index contributed by atoms with van der Waals surface area (Å²) in [6.45, 7) is 10.00. The first-order valence-corrected chi connectivity index (χ1v) is 9.65. The van der Waals surface area contributed by atoms with Crippen LogP contribution in [0.1, 0.15) is 47.0 Å². The Kier molecular flexibility index (Phi) is 6.98. The minimum absolute atomic E-state index is 0.221. The molecule has 6 nitrogen and oxygen atoms in total. The maximum Gasteiger partial charge on any atom is 0.410 e. The predicted octanol–water partition coefficient (Wildman–Crippen LogP) is 3.58. The van der Waals surface area contributed by atoms with Crippen LogP contribution in [0.2, 0.25) is 0 Å². The Morgan fingerprint density at radius 3 is 2.69 bits per heavy atom. The number of halogens is 1. The Morgan fingerprint density at radius 2 is 2.08 bits per heavy atom. The Bertz CT molecular complexity index is 599. The molecular formula is C19H31ClN4O2. The highest BCUT2D eigenvalue weighted by molar-refractivity contribution is 6.31. The highest BCUT2D eigenvalue weighted by Crippen LogP contribution is 2.22. The van der Waals surface area contributed by atoms with E-state index in [1.807, 2.05) is 26.8 Å². The molecule has 0 aromatic rings. The van der Waals surface area contributed by atoms with Gasteiger partial charge < -0.3 is 20.7 Å². The van der Waals surface area contributed by atoms with Crippen molar-refractivity contribution in [1.29, 1.82) is 0 Å². The highest BCUT2D eigenvalue weighted by atomic mass is 35.5. The minimum Gasteiger partial charge on any atom is -0.444 e. The third-order valence-electron chi connectivity index (χ3n) is 4.51. The molecule has 3 N–H and O–H groups in total. The molecule has 1 unspecified atom stereocenters. The SMILES string of the molecule is CC1C/C=C(\NCC2CCN(C(=O)OC(C)(C)C)CC2)N=C(N)C=C1Cl. The molecule has 2 heterocycles. The second-order valence-electron chi connectivity index (χ2n) is 8.08. The number of nitrogens with zero attached hydrogens (tertiary/aromatic N) is 2. The molecule has 0 saturated carbocycles. The van der Waals surface area contributed by atoms with Gasteiger partial charge in [0.1, 0.15) is 17.3 Å². The molecule has 0 radical (unpaired) electrons. The van der Waals surface area contributed by atoms with Crippen LogP contribution in [0.25, 0.3) is 0 Å². The Hall–Kier alpha value is -1.69. The number of allylic oxidation sites excluding steroid dienone is 2. The quantitative estimate of drug-likeness (QED) is 0.781. The summed E-state index contributed by atoms with van der Waals surface area (Å²) < 4.78 is 5.44. The number of carbonyl (C=O) groups excluding carboxylic acids is 1. The van der Waals surface area contributed by atoms with Crippen molar-refractivity contribution in [2.75, 3.05) is 19.6 Å². The normalized spacial score (nSPS) is 24.6. The van der Waals surface area contributed by atoms with E-state index in [1.54, 1.807) is 11.0 Å². The molecule has 2 aliphatic rings. The first kappa shape index (κ1) is 20.6. The fraction of sp³-hybridized carbons (Fsp3) is 0.684. The van der Waals surface area contributed by atoms with Crippen molar-refractivity contribution in [2.24, 2.45) is 22.6 Å². The molecule has 0 aromatic carbocycles. The zero-order chi connectivity index (χ0) is 19.3. The Balaban J connectivity index is 1.81. The van der Waals surface area contributed by atoms with E-state index < -0.39 is 5.60 Å². The Morgan fingerprint density at radius 1 is 1.42 bits per heavy atom. The third kappa shape index (κ3) is 6.56. The van der Waals surface area contributed by atoms with Crippen molar-refractivity contribution in [2.45, 2.75) is 52.6 Å². The molecule has 1 saturated heterocycles. The summed E-state index contributed by atoms with van der Waals surface area (Å²) in [4.78, 5) is 18.3. The number of likely N-dealkylation sites (tertiary alicyclic amines) is 1. The smallest absolute Gasteiger partial charge is 0.410 e. The first-order valence-electron chi connectivity index (χ1n) is 9.27. The molecule has 7 heteroatoms. The van der Waals surface area contributed by atoms with Crippen molar-refractivity contribution in [3.05, 3.63) is 23.0 Å². The number of carbonyl (C=O) groups is 1. The monoisotopic (exact) mass is 382 g/mol. The van der Waals surface area contributed by atoms with Crippen LogP contribution in [0, 0.1) is 11.8 Å². The molecular weight excluding hydrogens is 352 g/mol. The summed E-state index contributed by atoms with van der Waals surface area (Å²) >= 11 is 6.17. The van der Waals surface area contributed by atoms with Crippen molar-refractivity contribution in [3.8, 4) is 0 Å². The number of hydrogen-bond acceptors (Lipinski definition) is 5. The van der Waals surface area contributed by atoms with Crippen molar-refractivity contribution in [3.63, 3.8) is 0 Å². The highest BCUT2D eigenvalue weighted by Gasteiger charge is 2.26. The number of nitrogens with two attached hydrogens (primary N) is 1. The van der Waals surface area contributed by atoms with Crippen LogP contribution in [0.5, 0.6) is 0 Å². The van der Waals surface area contributed by atoms with Gasteiger partial charge in [0.05, 0.1) is 0 Å². The van der Waals surface area contributed by atoms with Crippen LogP contribution in [0.3, 0.4) is 0 Å². The maximum atomic E-state index is 12.1. The van der Waals surface area contributed by atoms with E-state index in [4.69, 9.17) is 22.1 Å². The van der Waals surface area contributed by atoms with Gasteiger partial charge in [-0.1, -0.05) is 18.5 Å². The number of hydrogen-bond donors (Lipinski definition) is 2. The average Bonchev–Trinajstić information content (AvgIpc) is 2.54. The number of ether oxygens (including phenoxy) is 1. The summed E-state index contributed by atoms with van der Waals surface area (Å²) in [6, 6.07) is 0. The molecule has 2 aliphatic heterocycles. The molecule has 0 spiro atoms. The number of aliphatic imine (C=N–C) groups is 1. The van der Waals surface area contributed by atoms with Gasteiger partial charge in [-0.15, -0.1) is 0 Å². The number of amidine groups is 1. The van der Waals surface area contributed by atoms with Gasteiger partial charge in [-0.3, -0.25) is 0 Å². The first-order chi connectivity index (χ1) is 12.1.